The Hall–Kier alpha value is -2.46. The first-order chi connectivity index (χ1) is 14.4. The van der Waals surface area contributed by atoms with Crippen LogP contribution >= 0.6 is 0 Å². The maximum absolute atomic E-state index is 12.8. The van der Waals surface area contributed by atoms with E-state index in [1.165, 1.54) is 5.56 Å². The van der Waals surface area contributed by atoms with Gasteiger partial charge in [-0.2, -0.15) is 0 Å². The molecule has 0 aromatic heterocycles. The highest BCUT2D eigenvalue weighted by Crippen LogP contribution is 2.35. The lowest BCUT2D eigenvalue weighted by atomic mass is 9.86. The van der Waals surface area contributed by atoms with Gasteiger partial charge >= 0.3 is 5.97 Å². The van der Waals surface area contributed by atoms with E-state index in [-0.39, 0.29) is 5.92 Å². The molecule has 0 spiro atoms. The van der Waals surface area contributed by atoms with Gasteiger partial charge in [-0.15, -0.1) is 0 Å². The zero-order valence-electron chi connectivity index (χ0n) is 18.9. The molecular weight excluding hydrogens is 376 g/mol. The monoisotopic (exact) mass is 410 g/mol. The van der Waals surface area contributed by atoms with Crippen LogP contribution in [-0.4, -0.2) is 25.5 Å². The molecule has 0 saturated carbocycles. The Balaban J connectivity index is 2.30. The van der Waals surface area contributed by atoms with Gasteiger partial charge < -0.3 is 14.3 Å². The van der Waals surface area contributed by atoms with E-state index in [4.69, 9.17) is 9.47 Å². The van der Waals surface area contributed by atoms with Crippen molar-refractivity contribution in [3.8, 4) is 5.75 Å². The number of carbonyl (C=O) groups excluding carboxylic acids is 2. The van der Waals surface area contributed by atoms with Gasteiger partial charge in [0.2, 0.25) is 0 Å². The number of aryl methyl sites for hydroxylation is 3. The van der Waals surface area contributed by atoms with E-state index in [0.717, 1.165) is 42.2 Å². The van der Waals surface area contributed by atoms with Gasteiger partial charge in [-0.25, -0.2) is 4.79 Å². The lowest BCUT2D eigenvalue weighted by Crippen LogP contribution is -2.20. The lowest BCUT2D eigenvalue weighted by Gasteiger charge is -2.23. The van der Waals surface area contributed by atoms with Crippen LogP contribution in [0.1, 0.15) is 72.1 Å². The highest BCUT2D eigenvalue weighted by atomic mass is 16.5. The number of hydrogen-bond donors (Lipinski definition) is 0. The van der Waals surface area contributed by atoms with Gasteiger partial charge in [0, 0.05) is 18.1 Å². The van der Waals surface area contributed by atoms with E-state index in [1.54, 1.807) is 0 Å². The van der Waals surface area contributed by atoms with E-state index in [1.807, 2.05) is 64.1 Å². The maximum Gasteiger partial charge on any atom is 0.343 e. The van der Waals surface area contributed by atoms with Crippen molar-refractivity contribution in [3.63, 3.8) is 0 Å². The fourth-order valence-corrected chi connectivity index (χ4v) is 3.64. The van der Waals surface area contributed by atoms with Crippen molar-refractivity contribution in [3.05, 3.63) is 64.2 Å². The minimum atomic E-state index is -0.410. The molecule has 2 atom stereocenters. The topological polar surface area (TPSA) is 52.6 Å². The first-order valence-corrected chi connectivity index (χ1v) is 10.9. The Kier molecular flexibility index (Phi) is 9.25. The first-order valence-electron chi connectivity index (χ1n) is 10.9. The predicted molar refractivity (Wildman–Crippen MR) is 120 cm³/mol. The molecule has 0 radical (unpaired) electrons. The second kappa shape index (κ2) is 11.7. The quantitative estimate of drug-likeness (QED) is 0.266. The third kappa shape index (κ3) is 6.27. The minimum absolute atomic E-state index is 0.0287. The summed E-state index contributed by atoms with van der Waals surface area (Å²) in [5, 5.41) is 0. The summed E-state index contributed by atoms with van der Waals surface area (Å²) in [6.07, 6.45) is 4.20. The molecule has 0 aliphatic carbocycles. The first kappa shape index (κ1) is 23.8. The van der Waals surface area contributed by atoms with Crippen molar-refractivity contribution >= 4 is 12.3 Å². The molecule has 0 amide bonds. The Labute approximate surface area is 180 Å². The summed E-state index contributed by atoms with van der Waals surface area (Å²) in [6.45, 7) is 11.0. The summed E-state index contributed by atoms with van der Waals surface area (Å²) in [5.74, 6) is -0.373. The van der Waals surface area contributed by atoms with Crippen molar-refractivity contribution in [2.24, 2.45) is 5.92 Å². The standard InChI is InChI=1S/C26H34O4/c1-6-8-9-21-10-12-22(13-11-21)26(28)30-25-19(4)14-18(3)15-23(25)24(16-27)20(5)17-29-7-2/h10-16,20,24H,6-9,17H2,1-5H3. The van der Waals surface area contributed by atoms with Crippen LogP contribution in [0, 0.1) is 19.8 Å². The van der Waals surface area contributed by atoms with Crippen molar-refractivity contribution in [1.82, 2.24) is 0 Å². The molecule has 0 aliphatic heterocycles. The summed E-state index contributed by atoms with van der Waals surface area (Å²) >= 11 is 0. The van der Waals surface area contributed by atoms with Crippen LogP contribution in [0.3, 0.4) is 0 Å². The van der Waals surface area contributed by atoms with E-state index >= 15 is 0 Å². The Morgan fingerprint density at radius 1 is 1.10 bits per heavy atom. The molecule has 2 aromatic rings. The van der Waals surface area contributed by atoms with Crippen molar-refractivity contribution < 1.29 is 19.1 Å². The zero-order chi connectivity index (χ0) is 22.1. The van der Waals surface area contributed by atoms with Crippen molar-refractivity contribution in [2.45, 2.75) is 59.8 Å². The number of esters is 1. The zero-order valence-corrected chi connectivity index (χ0v) is 18.9. The molecule has 0 fully saturated rings. The Morgan fingerprint density at radius 3 is 2.40 bits per heavy atom. The summed E-state index contributed by atoms with van der Waals surface area (Å²) in [6, 6.07) is 11.5. The summed E-state index contributed by atoms with van der Waals surface area (Å²) in [4.78, 5) is 24.8. The van der Waals surface area contributed by atoms with Crippen LogP contribution in [0.5, 0.6) is 5.75 Å². The van der Waals surface area contributed by atoms with Crippen molar-refractivity contribution in [2.75, 3.05) is 13.2 Å². The number of rotatable bonds is 11. The van der Waals surface area contributed by atoms with Crippen LogP contribution < -0.4 is 4.74 Å². The van der Waals surface area contributed by atoms with E-state index in [2.05, 4.69) is 6.92 Å². The molecular formula is C26H34O4. The fourth-order valence-electron chi connectivity index (χ4n) is 3.64. The number of unbranched alkanes of at least 4 members (excludes halogenated alkanes) is 1. The molecule has 162 valence electrons. The smallest absolute Gasteiger partial charge is 0.343 e. The molecule has 2 rings (SSSR count). The number of ether oxygens (including phenoxy) is 2. The summed E-state index contributed by atoms with van der Waals surface area (Å²) < 4.78 is 11.4. The van der Waals surface area contributed by atoms with Crippen LogP contribution in [-0.2, 0) is 16.0 Å². The minimum Gasteiger partial charge on any atom is -0.422 e. The van der Waals surface area contributed by atoms with Gasteiger partial charge in [-0.05, 0) is 62.8 Å². The Bertz CT molecular complexity index is 839. The van der Waals surface area contributed by atoms with Crippen LogP contribution in [0.2, 0.25) is 0 Å². The molecule has 0 N–H and O–H groups in total. The second-order valence-corrected chi connectivity index (χ2v) is 7.99. The lowest BCUT2D eigenvalue weighted by molar-refractivity contribution is -0.110. The number of hydrogen-bond acceptors (Lipinski definition) is 4. The number of benzene rings is 2. The number of carbonyl (C=O) groups is 2. The van der Waals surface area contributed by atoms with E-state index < -0.39 is 11.9 Å². The molecule has 4 nitrogen and oxygen atoms in total. The molecule has 2 unspecified atom stereocenters. The molecule has 2 aromatic carbocycles. The molecule has 0 heterocycles. The van der Waals surface area contributed by atoms with Crippen LogP contribution in [0.15, 0.2) is 36.4 Å². The average molecular weight is 411 g/mol. The van der Waals surface area contributed by atoms with E-state index in [9.17, 15) is 9.59 Å². The van der Waals surface area contributed by atoms with Gasteiger partial charge in [-0.1, -0.05) is 50.1 Å². The van der Waals surface area contributed by atoms with Gasteiger partial charge in [0.05, 0.1) is 12.2 Å². The molecule has 4 heteroatoms. The van der Waals surface area contributed by atoms with Gasteiger partial charge in [0.1, 0.15) is 12.0 Å². The molecule has 30 heavy (non-hydrogen) atoms. The van der Waals surface area contributed by atoms with Crippen LogP contribution in [0.4, 0.5) is 0 Å². The van der Waals surface area contributed by atoms with Crippen molar-refractivity contribution in [1.29, 1.82) is 0 Å². The fraction of sp³-hybridized carbons (Fsp3) is 0.462. The molecule has 0 saturated heterocycles. The highest BCUT2D eigenvalue weighted by Gasteiger charge is 2.25. The Morgan fingerprint density at radius 2 is 1.80 bits per heavy atom. The maximum atomic E-state index is 12.8. The van der Waals surface area contributed by atoms with Gasteiger partial charge in [0.25, 0.3) is 0 Å². The summed E-state index contributed by atoms with van der Waals surface area (Å²) in [5.41, 5.74) is 4.33. The second-order valence-electron chi connectivity index (χ2n) is 7.99. The average Bonchev–Trinajstić information content (AvgIpc) is 2.73. The number of aldehydes is 1. The predicted octanol–water partition coefficient (Wildman–Crippen LogP) is 5.82. The van der Waals surface area contributed by atoms with Crippen LogP contribution in [0.25, 0.3) is 0 Å². The van der Waals surface area contributed by atoms with Gasteiger partial charge in [-0.3, -0.25) is 0 Å². The molecule has 0 bridgehead atoms. The van der Waals surface area contributed by atoms with Gasteiger partial charge in [0.15, 0.2) is 0 Å². The largest absolute Gasteiger partial charge is 0.422 e. The normalized spacial score (nSPS) is 13.0. The third-order valence-electron chi connectivity index (χ3n) is 5.35. The summed E-state index contributed by atoms with van der Waals surface area (Å²) in [7, 11) is 0. The van der Waals surface area contributed by atoms with E-state index in [0.29, 0.717) is 24.5 Å². The SMILES string of the molecule is CCCCc1ccc(C(=O)Oc2c(C)cc(C)cc2C(C=O)C(C)COCC)cc1. The third-order valence-corrected chi connectivity index (χ3v) is 5.35. The molecule has 0 aliphatic rings. The highest BCUT2D eigenvalue weighted by molar-refractivity contribution is 5.91.